The van der Waals surface area contributed by atoms with E-state index in [4.69, 9.17) is 38.5 Å². The molecular formula is C42H54N6O8S. The number of rotatable bonds is 18. The van der Waals surface area contributed by atoms with Crippen molar-refractivity contribution in [3.05, 3.63) is 82.9 Å². The zero-order chi connectivity index (χ0) is 41.3. The molecule has 5 aromatic rings. The van der Waals surface area contributed by atoms with Crippen LogP contribution in [0.25, 0.3) is 11.0 Å². The highest BCUT2D eigenvalue weighted by Gasteiger charge is 2.30. The summed E-state index contributed by atoms with van der Waals surface area (Å²) in [5.41, 5.74) is 3.99. The standard InChI is InChI=1S/C42H54N6O8S/c1-11-20-57(50)40-44-36-37(48(40)24-29-14-12-28(13-15-29)23-43-41(49)56-42(4,5)6)39(55-27(2)3)46-45-38(36)47(25-30-16-18-32(51-7)21-34(30)53-9)26-31-17-19-33(52-8)22-35(31)54-10/h12-19,21-22,27H,11,20,23-26H2,1-10H3,(H,43,49). The van der Waals surface area contributed by atoms with Gasteiger partial charge in [0.1, 0.15) is 45.4 Å². The molecule has 1 N–H and O–H groups in total. The van der Waals surface area contributed by atoms with Crippen molar-refractivity contribution in [3.63, 3.8) is 0 Å². The number of alkyl carbamates (subject to hydrolysis) is 1. The highest BCUT2D eigenvalue weighted by molar-refractivity contribution is 7.91. The van der Waals surface area contributed by atoms with Gasteiger partial charge in [-0.05, 0) is 76.4 Å². The molecule has 5 rings (SSSR count). The van der Waals surface area contributed by atoms with Crippen molar-refractivity contribution in [1.82, 2.24) is 25.1 Å². The molecule has 0 saturated carbocycles. The van der Waals surface area contributed by atoms with E-state index in [1.54, 1.807) is 28.4 Å². The molecule has 306 valence electrons. The summed E-state index contributed by atoms with van der Waals surface area (Å²) >= 11 is -1.47. The van der Waals surface area contributed by atoms with E-state index in [1.165, 1.54) is 0 Å². The molecule has 0 aliphatic carbocycles. The van der Waals surface area contributed by atoms with Crippen molar-refractivity contribution >= 4 is 34.1 Å². The minimum absolute atomic E-state index is 0.235. The van der Waals surface area contributed by atoms with Crippen LogP contribution in [0.15, 0.2) is 65.8 Å². The van der Waals surface area contributed by atoms with E-state index >= 15 is 0 Å². The quantitative estimate of drug-likeness (QED) is 0.0876. The molecule has 0 radical (unpaired) electrons. The number of fused-ring (bicyclic) bond motifs is 1. The normalized spacial score (nSPS) is 12.0. The number of hydrogen-bond acceptors (Lipinski definition) is 12. The number of anilines is 1. The van der Waals surface area contributed by atoms with Crippen LogP contribution >= 0.6 is 0 Å². The van der Waals surface area contributed by atoms with E-state index in [-0.39, 0.29) is 12.0 Å². The molecule has 3 aromatic carbocycles. The summed E-state index contributed by atoms with van der Waals surface area (Å²) in [6.07, 6.45) is -0.0329. The second-order valence-electron chi connectivity index (χ2n) is 14.6. The molecule has 0 aliphatic rings. The molecule has 0 bridgehead atoms. The first-order chi connectivity index (χ1) is 27.3. The fraction of sp³-hybridized carbons (Fsp3) is 0.429. The number of nitrogens with zero attached hydrogens (tertiary/aromatic N) is 5. The number of methoxy groups -OCH3 is 4. The number of nitrogens with one attached hydrogen (secondary N) is 1. The number of imidazole rings is 1. The van der Waals surface area contributed by atoms with Crippen LogP contribution in [0.1, 0.15) is 70.2 Å². The minimum Gasteiger partial charge on any atom is -0.609 e. The van der Waals surface area contributed by atoms with Crippen LogP contribution in [-0.2, 0) is 42.1 Å². The Morgan fingerprint density at radius 3 is 1.95 bits per heavy atom. The molecular weight excluding hydrogens is 749 g/mol. The van der Waals surface area contributed by atoms with Crippen LogP contribution in [0.4, 0.5) is 10.6 Å². The van der Waals surface area contributed by atoms with E-state index < -0.39 is 22.9 Å². The number of carbonyl (C=O) groups excluding carboxylic acids is 1. The average Bonchev–Trinajstić information content (AvgIpc) is 3.56. The zero-order valence-corrected chi connectivity index (χ0v) is 35.3. The van der Waals surface area contributed by atoms with Crippen molar-refractivity contribution in [1.29, 1.82) is 0 Å². The molecule has 0 saturated heterocycles. The van der Waals surface area contributed by atoms with Crippen LogP contribution in [0.5, 0.6) is 28.9 Å². The predicted molar refractivity (Wildman–Crippen MR) is 220 cm³/mol. The molecule has 0 fully saturated rings. The topological polar surface area (TPSA) is 154 Å². The summed E-state index contributed by atoms with van der Waals surface area (Å²) in [7, 11) is 6.45. The molecule has 14 nitrogen and oxygen atoms in total. The minimum atomic E-state index is -1.47. The lowest BCUT2D eigenvalue weighted by Gasteiger charge is -2.26. The van der Waals surface area contributed by atoms with Gasteiger partial charge in [0.05, 0.1) is 41.1 Å². The van der Waals surface area contributed by atoms with Crippen molar-refractivity contribution in [2.45, 2.75) is 91.0 Å². The van der Waals surface area contributed by atoms with Crippen molar-refractivity contribution in [2.24, 2.45) is 0 Å². The molecule has 2 aromatic heterocycles. The van der Waals surface area contributed by atoms with Gasteiger partial charge >= 0.3 is 11.2 Å². The Bertz CT molecular complexity index is 2060. The van der Waals surface area contributed by atoms with Gasteiger partial charge in [0.2, 0.25) is 0 Å². The zero-order valence-electron chi connectivity index (χ0n) is 34.5. The molecule has 57 heavy (non-hydrogen) atoms. The maximum atomic E-state index is 14.0. The molecule has 1 unspecified atom stereocenters. The number of amides is 1. The number of hydrogen-bond donors (Lipinski definition) is 1. The molecule has 0 aliphatic heterocycles. The Labute approximate surface area is 338 Å². The third kappa shape index (κ3) is 10.9. The third-order valence-corrected chi connectivity index (χ3v) is 10.2. The monoisotopic (exact) mass is 802 g/mol. The lowest BCUT2D eigenvalue weighted by atomic mass is 10.1. The van der Waals surface area contributed by atoms with Gasteiger partial charge in [0.15, 0.2) is 5.82 Å². The van der Waals surface area contributed by atoms with Crippen LogP contribution in [0, 0.1) is 0 Å². The van der Waals surface area contributed by atoms with E-state index in [9.17, 15) is 9.35 Å². The van der Waals surface area contributed by atoms with Gasteiger partial charge < -0.3 is 43.2 Å². The fourth-order valence-corrected chi connectivity index (χ4v) is 7.27. The highest BCUT2D eigenvalue weighted by Crippen LogP contribution is 2.37. The lowest BCUT2D eigenvalue weighted by Crippen LogP contribution is -2.32. The number of aromatic nitrogens is 4. The van der Waals surface area contributed by atoms with E-state index in [1.807, 2.05) is 112 Å². The maximum Gasteiger partial charge on any atom is 0.407 e. The first-order valence-corrected chi connectivity index (χ1v) is 20.1. The lowest BCUT2D eigenvalue weighted by molar-refractivity contribution is 0.0523. The fourth-order valence-electron chi connectivity index (χ4n) is 6.12. The van der Waals surface area contributed by atoms with E-state index in [0.29, 0.717) is 83.4 Å². The smallest absolute Gasteiger partial charge is 0.407 e. The summed E-state index contributed by atoms with van der Waals surface area (Å²) in [6, 6.07) is 19.2. The third-order valence-electron chi connectivity index (χ3n) is 8.73. The van der Waals surface area contributed by atoms with Crippen LogP contribution < -0.4 is 33.9 Å². The Morgan fingerprint density at radius 2 is 1.44 bits per heavy atom. The predicted octanol–water partition coefficient (Wildman–Crippen LogP) is 7.45. The SMILES string of the molecule is CCC[S+]([O-])c1nc2c(N(Cc3ccc(OC)cc3OC)Cc3ccc(OC)cc3OC)nnc(OC(C)C)c2n1Cc1ccc(CNC(=O)OC(C)(C)C)cc1. The summed E-state index contributed by atoms with van der Waals surface area (Å²) in [4.78, 5) is 19.4. The average molecular weight is 803 g/mol. The van der Waals surface area contributed by atoms with Crippen LogP contribution in [0.2, 0.25) is 0 Å². The first-order valence-electron chi connectivity index (χ1n) is 18.8. The second-order valence-corrected chi connectivity index (χ2v) is 16.1. The van der Waals surface area contributed by atoms with Gasteiger partial charge in [-0.25, -0.2) is 4.79 Å². The number of benzene rings is 3. The van der Waals surface area contributed by atoms with Gasteiger partial charge in [-0.15, -0.1) is 10.2 Å². The Kier molecular flexibility index (Phi) is 14.4. The van der Waals surface area contributed by atoms with Crippen LogP contribution in [-0.4, -0.2) is 76.3 Å². The highest BCUT2D eigenvalue weighted by atomic mass is 32.2. The maximum absolute atomic E-state index is 14.0. The van der Waals surface area contributed by atoms with Gasteiger partial charge in [0, 0.05) is 54.1 Å². The summed E-state index contributed by atoms with van der Waals surface area (Å²) < 4.78 is 50.2. The number of ether oxygens (including phenoxy) is 6. The molecule has 2 heterocycles. The Morgan fingerprint density at radius 1 is 0.860 bits per heavy atom. The van der Waals surface area contributed by atoms with E-state index in [0.717, 1.165) is 22.3 Å². The largest absolute Gasteiger partial charge is 0.609 e. The summed E-state index contributed by atoms with van der Waals surface area (Å²) in [5.74, 6) is 3.71. The van der Waals surface area contributed by atoms with Gasteiger partial charge in [-0.1, -0.05) is 31.2 Å². The summed E-state index contributed by atoms with van der Waals surface area (Å²) in [5, 5.41) is 12.6. The summed E-state index contributed by atoms with van der Waals surface area (Å²) in [6.45, 7) is 12.6. The van der Waals surface area contributed by atoms with Gasteiger partial charge in [0.25, 0.3) is 5.88 Å². The molecule has 0 spiro atoms. The van der Waals surface area contributed by atoms with Gasteiger partial charge in [-0.3, -0.25) is 4.57 Å². The molecule has 1 atom stereocenters. The van der Waals surface area contributed by atoms with Crippen molar-refractivity contribution in [2.75, 3.05) is 39.1 Å². The Balaban J connectivity index is 1.65. The molecule has 1 amide bonds. The van der Waals surface area contributed by atoms with E-state index in [2.05, 4.69) is 10.4 Å². The van der Waals surface area contributed by atoms with Gasteiger partial charge in [-0.2, -0.15) is 4.98 Å². The van der Waals surface area contributed by atoms with Crippen molar-refractivity contribution in [3.8, 4) is 28.9 Å². The Hall–Kier alpha value is -5.41. The number of carbonyl (C=O) groups is 1. The van der Waals surface area contributed by atoms with Crippen molar-refractivity contribution < 1.29 is 37.8 Å². The van der Waals surface area contributed by atoms with Crippen LogP contribution in [0.3, 0.4) is 0 Å². The first kappa shape index (κ1) is 42.7. The molecule has 15 heteroatoms. The second kappa shape index (κ2) is 19.2.